The largest absolute Gasteiger partial charge is 0.427 e. The Kier molecular flexibility index (Phi) is 4.97. The van der Waals surface area contributed by atoms with Crippen molar-refractivity contribution in [3.8, 4) is 0 Å². The Balaban J connectivity index is 2.53. The van der Waals surface area contributed by atoms with Gasteiger partial charge in [0.1, 0.15) is 5.69 Å². The van der Waals surface area contributed by atoms with Crippen molar-refractivity contribution in [3.63, 3.8) is 0 Å². The van der Waals surface area contributed by atoms with E-state index in [2.05, 4.69) is 9.98 Å². The van der Waals surface area contributed by atoms with Crippen LogP contribution in [0.5, 0.6) is 0 Å². The summed E-state index contributed by atoms with van der Waals surface area (Å²) in [5.41, 5.74) is -2.14. The number of carbonyl (C=O) groups is 1. The maximum Gasteiger partial charge on any atom is 0.417 e. The quantitative estimate of drug-likeness (QED) is 0.823. The second-order valence-electron chi connectivity index (χ2n) is 4.79. The minimum absolute atomic E-state index is 0.0255. The normalized spacial score (nSPS) is 13.0. The summed E-state index contributed by atoms with van der Waals surface area (Å²) < 4.78 is 61.7. The standard InChI is InChI=1S/C14H12F3N3O4S/c1-2-25(23,24)10-4-3-7-18-12(10)13(21)19-11-6-5-9(8-20(11)22)14(15,16)17/h3-8,22H,2H2,1H3. The number of sulfone groups is 1. The fourth-order valence-corrected chi connectivity index (χ4v) is 2.88. The monoisotopic (exact) mass is 375 g/mol. The topological polar surface area (TPSA) is 102 Å². The van der Waals surface area contributed by atoms with E-state index in [1.807, 2.05) is 0 Å². The molecule has 0 aliphatic rings. The average molecular weight is 375 g/mol. The van der Waals surface area contributed by atoms with E-state index in [9.17, 15) is 31.6 Å². The summed E-state index contributed by atoms with van der Waals surface area (Å²) in [4.78, 5) is 19.0. The Bertz CT molecular complexity index is 981. The van der Waals surface area contributed by atoms with Crippen LogP contribution < -0.4 is 5.49 Å². The summed E-state index contributed by atoms with van der Waals surface area (Å²) >= 11 is 0. The SMILES string of the molecule is CCS(=O)(=O)c1cccnc1C(=O)N=c1ccc(C(F)(F)F)cn1O. The number of halogens is 3. The Hall–Kier alpha value is -2.69. The molecule has 0 aliphatic carbocycles. The van der Waals surface area contributed by atoms with Crippen LogP contribution in [0.2, 0.25) is 0 Å². The summed E-state index contributed by atoms with van der Waals surface area (Å²) in [5.74, 6) is -1.39. The van der Waals surface area contributed by atoms with Crippen molar-refractivity contribution in [1.29, 1.82) is 0 Å². The second kappa shape index (κ2) is 6.67. The van der Waals surface area contributed by atoms with Gasteiger partial charge in [0.15, 0.2) is 15.3 Å². The highest BCUT2D eigenvalue weighted by Crippen LogP contribution is 2.27. The molecule has 0 aromatic carbocycles. The van der Waals surface area contributed by atoms with Gasteiger partial charge in [-0.1, -0.05) is 6.92 Å². The highest BCUT2D eigenvalue weighted by molar-refractivity contribution is 7.91. The Labute approximate surface area is 140 Å². The van der Waals surface area contributed by atoms with Crippen molar-refractivity contribution in [3.05, 3.63) is 53.4 Å². The molecular weight excluding hydrogens is 363 g/mol. The Morgan fingerprint density at radius 2 is 2.00 bits per heavy atom. The number of carbonyl (C=O) groups excluding carboxylic acids is 1. The van der Waals surface area contributed by atoms with Gasteiger partial charge in [0.25, 0.3) is 5.91 Å². The molecule has 1 amide bonds. The first-order chi connectivity index (χ1) is 11.6. The molecule has 0 aliphatic heterocycles. The molecule has 25 heavy (non-hydrogen) atoms. The van der Waals surface area contributed by atoms with E-state index in [1.54, 1.807) is 0 Å². The van der Waals surface area contributed by atoms with Crippen molar-refractivity contribution < 1.29 is 31.6 Å². The fraction of sp³-hybridized carbons (Fsp3) is 0.214. The lowest BCUT2D eigenvalue weighted by atomic mass is 10.3. The van der Waals surface area contributed by atoms with Crippen LogP contribution in [0.3, 0.4) is 0 Å². The van der Waals surface area contributed by atoms with Crippen LogP contribution in [0.1, 0.15) is 23.0 Å². The molecule has 11 heteroatoms. The van der Waals surface area contributed by atoms with E-state index in [0.29, 0.717) is 12.3 Å². The van der Waals surface area contributed by atoms with Gasteiger partial charge in [0, 0.05) is 6.20 Å². The zero-order valence-corrected chi connectivity index (χ0v) is 13.5. The molecule has 2 aromatic rings. The average Bonchev–Trinajstić information content (AvgIpc) is 2.55. The number of hydrogen-bond donors (Lipinski definition) is 1. The van der Waals surface area contributed by atoms with Crippen LogP contribution in [0.4, 0.5) is 13.2 Å². The molecule has 0 saturated heterocycles. The minimum Gasteiger partial charge on any atom is -0.427 e. The molecule has 2 aromatic heterocycles. The molecule has 2 rings (SSSR count). The second-order valence-corrected chi connectivity index (χ2v) is 7.04. The van der Waals surface area contributed by atoms with E-state index < -0.39 is 38.7 Å². The van der Waals surface area contributed by atoms with Crippen LogP contribution in [-0.4, -0.2) is 35.0 Å². The first-order valence-corrected chi connectivity index (χ1v) is 8.47. The van der Waals surface area contributed by atoms with Crippen LogP contribution in [-0.2, 0) is 16.0 Å². The Morgan fingerprint density at radius 1 is 1.32 bits per heavy atom. The zero-order valence-electron chi connectivity index (χ0n) is 12.7. The number of hydrogen-bond acceptors (Lipinski definition) is 5. The number of aromatic nitrogens is 2. The lowest BCUT2D eigenvalue weighted by molar-refractivity contribution is -0.138. The van der Waals surface area contributed by atoms with E-state index in [-0.39, 0.29) is 15.4 Å². The number of nitrogens with zero attached hydrogens (tertiary/aromatic N) is 3. The molecule has 0 spiro atoms. The lowest BCUT2D eigenvalue weighted by Crippen LogP contribution is -2.23. The van der Waals surface area contributed by atoms with Gasteiger partial charge >= 0.3 is 6.18 Å². The van der Waals surface area contributed by atoms with Gasteiger partial charge < -0.3 is 5.21 Å². The van der Waals surface area contributed by atoms with E-state index in [4.69, 9.17) is 0 Å². The predicted molar refractivity (Wildman–Crippen MR) is 78.5 cm³/mol. The van der Waals surface area contributed by atoms with E-state index in [1.165, 1.54) is 25.3 Å². The van der Waals surface area contributed by atoms with Gasteiger partial charge in [0.2, 0.25) is 0 Å². The van der Waals surface area contributed by atoms with Crippen LogP contribution in [0.15, 0.2) is 46.5 Å². The van der Waals surface area contributed by atoms with Crippen molar-refractivity contribution in [2.24, 2.45) is 4.99 Å². The molecule has 0 unspecified atom stereocenters. The van der Waals surface area contributed by atoms with Gasteiger partial charge in [0.05, 0.1) is 22.4 Å². The smallest absolute Gasteiger partial charge is 0.417 e. The minimum atomic E-state index is -4.68. The summed E-state index contributed by atoms with van der Waals surface area (Å²) in [6.07, 6.45) is -3.16. The third-order valence-electron chi connectivity index (χ3n) is 3.14. The molecule has 0 saturated carbocycles. The van der Waals surface area contributed by atoms with Crippen LogP contribution in [0, 0.1) is 0 Å². The Morgan fingerprint density at radius 3 is 2.56 bits per heavy atom. The van der Waals surface area contributed by atoms with Gasteiger partial charge in [-0.3, -0.25) is 4.79 Å². The molecule has 2 heterocycles. The maximum absolute atomic E-state index is 12.6. The maximum atomic E-state index is 12.6. The zero-order chi connectivity index (χ0) is 18.8. The first-order valence-electron chi connectivity index (χ1n) is 6.82. The highest BCUT2D eigenvalue weighted by atomic mass is 32.2. The molecule has 7 nitrogen and oxygen atoms in total. The van der Waals surface area contributed by atoms with Gasteiger partial charge in [-0.2, -0.15) is 22.9 Å². The summed E-state index contributed by atoms with van der Waals surface area (Å²) in [6.45, 7) is 1.38. The van der Waals surface area contributed by atoms with Crippen LogP contribution in [0.25, 0.3) is 0 Å². The summed E-state index contributed by atoms with van der Waals surface area (Å²) in [7, 11) is -3.76. The predicted octanol–water partition coefficient (Wildman–Crippen LogP) is 1.67. The van der Waals surface area contributed by atoms with Gasteiger partial charge in [-0.05, 0) is 24.3 Å². The number of rotatable bonds is 3. The number of amides is 1. The first kappa shape index (κ1) is 18.6. The molecule has 0 radical (unpaired) electrons. The molecular formula is C14H12F3N3O4S. The van der Waals surface area contributed by atoms with Crippen molar-refractivity contribution in [2.45, 2.75) is 18.0 Å². The van der Waals surface area contributed by atoms with Crippen molar-refractivity contribution in [1.82, 2.24) is 9.71 Å². The van der Waals surface area contributed by atoms with Gasteiger partial charge in [-0.15, -0.1) is 0 Å². The number of pyridine rings is 2. The third-order valence-corrected chi connectivity index (χ3v) is 4.90. The van der Waals surface area contributed by atoms with Gasteiger partial charge in [-0.25, -0.2) is 13.4 Å². The lowest BCUT2D eigenvalue weighted by Gasteiger charge is -2.08. The number of alkyl halides is 3. The molecule has 0 bridgehead atoms. The van der Waals surface area contributed by atoms with E-state index >= 15 is 0 Å². The van der Waals surface area contributed by atoms with Crippen molar-refractivity contribution in [2.75, 3.05) is 5.75 Å². The van der Waals surface area contributed by atoms with Crippen molar-refractivity contribution >= 4 is 15.7 Å². The summed E-state index contributed by atoms with van der Waals surface area (Å²) in [5, 5.41) is 9.56. The molecule has 1 N–H and O–H groups in total. The molecule has 0 atom stereocenters. The molecule has 0 fully saturated rings. The highest BCUT2D eigenvalue weighted by Gasteiger charge is 2.31. The third kappa shape index (κ3) is 4.05. The van der Waals surface area contributed by atoms with E-state index in [0.717, 1.165) is 6.07 Å². The fourth-order valence-electron chi connectivity index (χ4n) is 1.85. The summed E-state index contributed by atoms with van der Waals surface area (Å²) in [6, 6.07) is 3.90. The molecule has 134 valence electrons. The van der Waals surface area contributed by atoms with Crippen LogP contribution >= 0.6 is 0 Å².